The Hall–Kier alpha value is -3.08. The van der Waals surface area contributed by atoms with Gasteiger partial charge in [0.1, 0.15) is 11.4 Å². The molecular formula is C17H15N3O2. The molecule has 1 N–H and O–H groups in total. The van der Waals surface area contributed by atoms with E-state index in [1.54, 1.807) is 11.8 Å². The van der Waals surface area contributed by atoms with Crippen LogP contribution < -0.4 is 4.74 Å². The van der Waals surface area contributed by atoms with E-state index < -0.39 is 0 Å². The molecule has 5 nitrogen and oxygen atoms in total. The molecule has 0 aliphatic heterocycles. The highest BCUT2D eigenvalue weighted by molar-refractivity contribution is 5.88. The van der Waals surface area contributed by atoms with Crippen LogP contribution >= 0.6 is 0 Å². The molecule has 0 atom stereocenters. The maximum absolute atomic E-state index is 8.88. The van der Waals surface area contributed by atoms with E-state index in [-0.39, 0.29) is 0 Å². The summed E-state index contributed by atoms with van der Waals surface area (Å²) in [5.41, 5.74) is 3.27. The van der Waals surface area contributed by atoms with Gasteiger partial charge in [-0.15, -0.1) is 0 Å². The first kappa shape index (κ1) is 13.9. The van der Waals surface area contributed by atoms with E-state index in [1.165, 1.54) is 6.21 Å². The summed E-state index contributed by atoms with van der Waals surface area (Å²) in [6.45, 7) is 0. The number of hydrogen-bond donors (Lipinski definition) is 1. The van der Waals surface area contributed by atoms with E-state index >= 15 is 0 Å². The summed E-state index contributed by atoms with van der Waals surface area (Å²) < 4.78 is 7.01. The molecule has 3 aromatic rings. The standard InChI is InChI=1S/C17H15N3O2/c1-22-16-9-5-6-13(10-16)17-14(11-18-21)12-20(19-17)15-7-3-2-4-8-15/h2-12,21H,1H3. The molecule has 0 amide bonds. The second-order valence-electron chi connectivity index (χ2n) is 4.69. The first-order valence-electron chi connectivity index (χ1n) is 6.79. The van der Waals surface area contributed by atoms with Crippen LogP contribution in [0.1, 0.15) is 5.56 Å². The lowest BCUT2D eigenvalue weighted by Crippen LogP contribution is -1.94. The zero-order valence-electron chi connectivity index (χ0n) is 12.0. The number of aromatic nitrogens is 2. The summed E-state index contributed by atoms with van der Waals surface area (Å²) in [5.74, 6) is 0.749. The molecule has 0 saturated carbocycles. The summed E-state index contributed by atoms with van der Waals surface area (Å²) >= 11 is 0. The van der Waals surface area contributed by atoms with Gasteiger partial charge in [-0.2, -0.15) is 5.10 Å². The quantitative estimate of drug-likeness (QED) is 0.456. The van der Waals surface area contributed by atoms with Crippen LogP contribution in [0.15, 0.2) is 65.9 Å². The van der Waals surface area contributed by atoms with Gasteiger partial charge in [-0.05, 0) is 24.3 Å². The molecule has 0 bridgehead atoms. The average Bonchev–Trinajstić information content (AvgIpc) is 3.00. The van der Waals surface area contributed by atoms with Gasteiger partial charge < -0.3 is 9.94 Å². The Kier molecular flexibility index (Phi) is 3.87. The van der Waals surface area contributed by atoms with E-state index in [0.29, 0.717) is 0 Å². The van der Waals surface area contributed by atoms with E-state index in [4.69, 9.17) is 9.94 Å². The number of benzene rings is 2. The fourth-order valence-corrected chi connectivity index (χ4v) is 2.25. The molecule has 3 rings (SSSR count). The van der Waals surface area contributed by atoms with Gasteiger partial charge in [-0.3, -0.25) is 0 Å². The molecule has 110 valence electrons. The molecule has 1 aromatic heterocycles. The third kappa shape index (κ3) is 2.69. The van der Waals surface area contributed by atoms with Crippen LogP contribution in [0.3, 0.4) is 0 Å². The molecule has 2 aromatic carbocycles. The van der Waals surface area contributed by atoms with Crippen LogP contribution in [0, 0.1) is 0 Å². The molecule has 0 fully saturated rings. The number of para-hydroxylation sites is 1. The Morgan fingerprint density at radius 1 is 1.14 bits per heavy atom. The zero-order valence-corrected chi connectivity index (χ0v) is 12.0. The number of nitrogens with zero attached hydrogens (tertiary/aromatic N) is 3. The highest BCUT2D eigenvalue weighted by Crippen LogP contribution is 2.26. The topological polar surface area (TPSA) is 59.6 Å². The molecule has 0 radical (unpaired) electrons. The van der Waals surface area contributed by atoms with E-state index in [0.717, 1.165) is 28.3 Å². The predicted molar refractivity (Wildman–Crippen MR) is 84.9 cm³/mol. The lowest BCUT2D eigenvalue weighted by molar-refractivity contribution is 0.322. The minimum absolute atomic E-state index is 0.722. The molecular weight excluding hydrogens is 278 g/mol. The van der Waals surface area contributed by atoms with Gasteiger partial charge in [0.25, 0.3) is 0 Å². The third-order valence-electron chi connectivity index (χ3n) is 3.30. The van der Waals surface area contributed by atoms with Gasteiger partial charge in [0.2, 0.25) is 0 Å². The SMILES string of the molecule is COc1cccc(-c2nn(-c3ccccc3)cc2C=NO)c1. The van der Waals surface area contributed by atoms with Gasteiger partial charge in [0.15, 0.2) is 0 Å². The monoisotopic (exact) mass is 293 g/mol. The molecule has 22 heavy (non-hydrogen) atoms. The molecule has 0 aliphatic rings. The molecule has 0 saturated heterocycles. The number of rotatable bonds is 4. The van der Waals surface area contributed by atoms with Crippen molar-refractivity contribution in [1.29, 1.82) is 0 Å². The summed E-state index contributed by atoms with van der Waals surface area (Å²) in [7, 11) is 1.62. The Bertz CT molecular complexity index is 795. The normalized spacial score (nSPS) is 11.0. The lowest BCUT2D eigenvalue weighted by Gasteiger charge is -2.03. The maximum atomic E-state index is 8.88. The maximum Gasteiger partial charge on any atom is 0.119 e. The van der Waals surface area contributed by atoms with Crippen LogP contribution in [0.2, 0.25) is 0 Å². The Morgan fingerprint density at radius 3 is 2.68 bits per heavy atom. The largest absolute Gasteiger partial charge is 0.497 e. The minimum Gasteiger partial charge on any atom is -0.497 e. The second kappa shape index (κ2) is 6.13. The van der Waals surface area contributed by atoms with Crippen molar-refractivity contribution in [2.75, 3.05) is 7.11 Å². The van der Waals surface area contributed by atoms with Gasteiger partial charge in [0, 0.05) is 17.3 Å². The van der Waals surface area contributed by atoms with E-state index in [9.17, 15) is 0 Å². The van der Waals surface area contributed by atoms with Gasteiger partial charge in [-0.25, -0.2) is 4.68 Å². The first-order valence-corrected chi connectivity index (χ1v) is 6.79. The van der Waals surface area contributed by atoms with Crippen molar-refractivity contribution in [2.24, 2.45) is 5.16 Å². The van der Waals surface area contributed by atoms with Crippen LogP contribution in [-0.2, 0) is 0 Å². The number of methoxy groups -OCH3 is 1. The van der Waals surface area contributed by atoms with Crippen LogP contribution in [0.5, 0.6) is 5.75 Å². The summed E-state index contributed by atoms with van der Waals surface area (Å²) in [4.78, 5) is 0. The van der Waals surface area contributed by atoms with Crippen molar-refractivity contribution in [2.45, 2.75) is 0 Å². The van der Waals surface area contributed by atoms with Crippen molar-refractivity contribution < 1.29 is 9.94 Å². The predicted octanol–water partition coefficient (Wildman–Crippen LogP) is 3.36. The smallest absolute Gasteiger partial charge is 0.119 e. The van der Waals surface area contributed by atoms with Crippen molar-refractivity contribution in [1.82, 2.24) is 9.78 Å². The minimum atomic E-state index is 0.722. The molecule has 0 aliphatic carbocycles. The van der Waals surface area contributed by atoms with Crippen molar-refractivity contribution >= 4 is 6.21 Å². The van der Waals surface area contributed by atoms with E-state index in [1.807, 2.05) is 60.8 Å². The first-order chi connectivity index (χ1) is 10.8. The molecule has 0 spiro atoms. The Morgan fingerprint density at radius 2 is 1.95 bits per heavy atom. The highest BCUT2D eigenvalue weighted by atomic mass is 16.5. The van der Waals surface area contributed by atoms with Crippen molar-refractivity contribution in [3.05, 3.63) is 66.4 Å². The van der Waals surface area contributed by atoms with E-state index in [2.05, 4.69) is 10.3 Å². The third-order valence-corrected chi connectivity index (χ3v) is 3.30. The molecule has 5 heteroatoms. The van der Waals surface area contributed by atoms with Gasteiger partial charge in [-0.1, -0.05) is 35.5 Å². The summed E-state index contributed by atoms with van der Waals surface area (Å²) in [6, 6.07) is 17.4. The Balaban J connectivity index is 2.11. The molecule has 1 heterocycles. The lowest BCUT2D eigenvalue weighted by atomic mass is 10.1. The van der Waals surface area contributed by atoms with Crippen molar-refractivity contribution in [3.8, 4) is 22.7 Å². The zero-order chi connectivity index (χ0) is 15.4. The van der Waals surface area contributed by atoms with Gasteiger partial charge in [0.05, 0.1) is 19.0 Å². The highest BCUT2D eigenvalue weighted by Gasteiger charge is 2.11. The number of ether oxygens (including phenoxy) is 1. The fourth-order valence-electron chi connectivity index (χ4n) is 2.25. The van der Waals surface area contributed by atoms with Gasteiger partial charge >= 0.3 is 0 Å². The summed E-state index contributed by atoms with van der Waals surface area (Å²) in [6.07, 6.45) is 3.20. The van der Waals surface area contributed by atoms with Crippen LogP contribution in [-0.4, -0.2) is 28.3 Å². The number of oxime groups is 1. The summed E-state index contributed by atoms with van der Waals surface area (Å²) in [5, 5.41) is 16.6. The average molecular weight is 293 g/mol. The Labute approximate surface area is 128 Å². The van der Waals surface area contributed by atoms with Crippen LogP contribution in [0.4, 0.5) is 0 Å². The fraction of sp³-hybridized carbons (Fsp3) is 0.0588. The number of hydrogen-bond acceptors (Lipinski definition) is 4. The second-order valence-corrected chi connectivity index (χ2v) is 4.69. The molecule has 0 unspecified atom stereocenters. The van der Waals surface area contributed by atoms with Crippen molar-refractivity contribution in [3.63, 3.8) is 0 Å². The van der Waals surface area contributed by atoms with Crippen LogP contribution in [0.25, 0.3) is 16.9 Å².